The van der Waals surface area contributed by atoms with Crippen LogP contribution in [0.15, 0.2) is 0 Å². The maximum absolute atomic E-state index is 12.7. The standard InChI is InChI=1S/C9H13F4NO2/c10-8(11)5-14(6-9(8,12)13)4-2-1-3-7(15)16/h1-6H2,(H,15,16). The van der Waals surface area contributed by atoms with E-state index >= 15 is 0 Å². The van der Waals surface area contributed by atoms with E-state index in [0.29, 0.717) is 12.8 Å². The van der Waals surface area contributed by atoms with Gasteiger partial charge in [-0.05, 0) is 19.4 Å². The van der Waals surface area contributed by atoms with Gasteiger partial charge in [-0.25, -0.2) is 0 Å². The van der Waals surface area contributed by atoms with Crippen LogP contribution in [0.2, 0.25) is 0 Å². The first-order chi connectivity index (χ1) is 7.24. The molecule has 7 heteroatoms. The van der Waals surface area contributed by atoms with E-state index in [1.807, 2.05) is 0 Å². The Hall–Kier alpha value is -0.850. The summed E-state index contributed by atoms with van der Waals surface area (Å²) in [6.07, 6.45) is 0.571. The van der Waals surface area contributed by atoms with E-state index in [1.165, 1.54) is 0 Å². The number of carboxylic acids is 1. The Kier molecular flexibility index (Phi) is 3.77. The number of carbonyl (C=O) groups is 1. The summed E-state index contributed by atoms with van der Waals surface area (Å²) in [5, 5.41) is 8.32. The van der Waals surface area contributed by atoms with Crippen LogP contribution >= 0.6 is 0 Å². The predicted octanol–water partition coefficient (Wildman–Crippen LogP) is 1.83. The molecule has 0 radical (unpaired) electrons. The topological polar surface area (TPSA) is 40.5 Å². The highest BCUT2D eigenvalue weighted by Crippen LogP contribution is 2.40. The van der Waals surface area contributed by atoms with Crippen molar-refractivity contribution in [1.29, 1.82) is 0 Å². The molecule has 0 aromatic carbocycles. The predicted molar refractivity (Wildman–Crippen MR) is 47.8 cm³/mol. The Morgan fingerprint density at radius 3 is 2.06 bits per heavy atom. The summed E-state index contributed by atoms with van der Waals surface area (Å²) in [6, 6.07) is 0. The van der Waals surface area contributed by atoms with Gasteiger partial charge < -0.3 is 5.11 Å². The van der Waals surface area contributed by atoms with Crippen LogP contribution in [0.1, 0.15) is 19.3 Å². The van der Waals surface area contributed by atoms with E-state index in [2.05, 4.69) is 0 Å². The first-order valence-corrected chi connectivity index (χ1v) is 4.94. The van der Waals surface area contributed by atoms with Gasteiger partial charge in [0.1, 0.15) is 0 Å². The lowest BCUT2D eigenvalue weighted by molar-refractivity contribution is -0.172. The molecule has 1 aliphatic rings. The number of halogens is 4. The molecule has 0 amide bonds. The molecule has 0 aliphatic carbocycles. The molecule has 1 aliphatic heterocycles. The fourth-order valence-electron chi connectivity index (χ4n) is 1.62. The first kappa shape index (κ1) is 13.2. The summed E-state index contributed by atoms with van der Waals surface area (Å²) in [4.78, 5) is 11.1. The van der Waals surface area contributed by atoms with Crippen molar-refractivity contribution < 1.29 is 27.5 Å². The minimum absolute atomic E-state index is 0.0688. The second-order valence-corrected chi connectivity index (χ2v) is 3.97. The van der Waals surface area contributed by atoms with Crippen molar-refractivity contribution in [3.8, 4) is 0 Å². The molecule has 3 nitrogen and oxygen atoms in total. The van der Waals surface area contributed by atoms with Gasteiger partial charge in [-0.3, -0.25) is 9.69 Å². The van der Waals surface area contributed by atoms with Gasteiger partial charge in [0.25, 0.3) is 0 Å². The lowest BCUT2D eigenvalue weighted by atomic mass is 10.2. The summed E-state index contributed by atoms with van der Waals surface area (Å²) in [5.41, 5.74) is 0. The average molecular weight is 243 g/mol. The smallest absolute Gasteiger partial charge is 0.323 e. The lowest BCUT2D eigenvalue weighted by Gasteiger charge is -2.15. The molecular formula is C9H13F4NO2. The molecule has 1 fully saturated rings. The van der Waals surface area contributed by atoms with Crippen molar-refractivity contribution >= 4 is 5.97 Å². The Morgan fingerprint density at radius 1 is 1.12 bits per heavy atom. The fraction of sp³-hybridized carbons (Fsp3) is 0.889. The second kappa shape index (κ2) is 4.57. The number of alkyl halides is 4. The molecule has 0 bridgehead atoms. The van der Waals surface area contributed by atoms with E-state index < -0.39 is 30.9 Å². The molecule has 0 spiro atoms. The number of hydrogen-bond acceptors (Lipinski definition) is 2. The largest absolute Gasteiger partial charge is 0.481 e. The van der Waals surface area contributed by atoms with Crippen LogP contribution in [-0.2, 0) is 4.79 Å². The van der Waals surface area contributed by atoms with E-state index in [9.17, 15) is 22.4 Å². The monoisotopic (exact) mass is 243 g/mol. The highest BCUT2D eigenvalue weighted by Gasteiger charge is 2.62. The van der Waals surface area contributed by atoms with Gasteiger partial charge in [0.2, 0.25) is 0 Å². The van der Waals surface area contributed by atoms with Crippen LogP contribution < -0.4 is 0 Å². The van der Waals surface area contributed by atoms with Crippen LogP contribution in [0.3, 0.4) is 0 Å². The normalized spacial score (nSPS) is 23.5. The lowest BCUT2D eigenvalue weighted by Crippen LogP contribution is -2.38. The van der Waals surface area contributed by atoms with Crippen molar-refractivity contribution in [3.63, 3.8) is 0 Å². The maximum atomic E-state index is 12.7. The maximum Gasteiger partial charge on any atom is 0.323 e. The Balaban J connectivity index is 2.29. The van der Waals surface area contributed by atoms with Gasteiger partial charge in [-0.1, -0.05) is 0 Å². The minimum atomic E-state index is -3.97. The van der Waals surface area contributed by atoms with Gasteiger partial charge in [-0.15, -0.1) is 0 Å². The van der Waals surface area contributed by atoms with Crippen LogP contribution in [0.25, 0.3) is 0 Å². The molecule has 1 saturated heterocycles. The summed E-state index contributed by atoms with van der Waals surface area (Å²) >= 11 is 0. The second-order valence-electron chi connectivity index (χ2n) is 3.97. The molecule has 94 valence electrons. The van der Waals surface area contributed by atoms with Gasteiger partial charge in [0, 0.05) is 6.42 Å². The van der Waals surface area contributed by atoms with E-state index in [0.717, 1.165) is 4.90 Å². The third-order valence-corrected chi connectivity index (χ3v) is 2.49. The molecular weight excluding hydrogens is 230 g/mol. The zero-order valence-corrected chi connectivity index (χ0v) is 8.56. The fourth-order valence-corrected chi connectivity index (χ4v) is 1.62. The van der Waals surface area contributed by atoms with Gasteiger partial charge in [-0.2, -0.15) is 17.6 Å². The van der Waals surface area contributed by atoms with Crippen LogP contribution in [0.4, 0.5) is 17.6 Å². The Labute approximate surface area is 90.0 Å². The molecule has 1 N–H and O–H groups in total. The summed E-state index contributed by atoms with van der Waals surface area (Å²) < 4.78 is 50.9. The highest BCUT2D eigenvalue weighted by molar-refractivity contribution is 5.66. The van der Waals surface area contributed by atoms with E-state index in [4.69, 9.17) is 5.11 Å². The van der Waals surface area contributed by atoms with Crippen molar-refractivity contribution in [2.75, 3.05) is 19.6 Å². The molecule has 1 rings (SSSR count). The summed E-state index contributed by atoms with van der Waals surface area (Å²) in [7, 11) is 0. The third kappa shape index (κ3) is 3.07. The number of likely N-dealkylation sites (tertiary alicyclic amines) is 1. The van der Waals surface area contributed by atoms with Crippen molar-refractivity contribution in [3.05, 3.63) is 0 Å². The van der Waals surface area contributed by atoms with Crippen LogP contribution in [0.5, 0.6) is 0 Å². The van der Waals surface area contributed by atoms with Crippen molar-refractivity contribution in [2.24, 2.45) is 0 Å². The van der Waals surface area contributed by atoms with Crippen molar-refractivity contribution in [1.82, 2.24) is 4.90 Å². The zero-order valence-electron chi connectivity index (χ0n) is 8.56. The Bertz CT molecular complexity index is 254. The van der Waals surface area contributed by atoms with Crippen LogP contribution in [-0.4, -0.2) is 47.5 Å². The van der Waals surface area contributed by atoms with Gasteiger partial charge >= 0.3 is 17.8 Å². The highest BCUT2D eigenvalue weighted by atomic mass is 19.3. The molecule has 0 aromatic heterocycles. The molecule has 16 heavy (non-hydrogen) atoms. The molecule has 0 unspecified atom stereocenters. The quantitative estimate of drug-likeness (QED) is 0.591. The number of rotatable bonds is 5. The zero-order chi connectivity index (χ0) is 12.4. The number of unbranched alkanes of at least 4 members (excludes halogenated alkanes) is 1. The number of aliphatic carboxylic acids is 1. The summed E-state index contributed by atoms with van der Waals surface area (Å²) in [5.74, 6) is -8.92. The molecule has 1 heterocycles. The van der Waals surface area contributed by atoms with Crippen LogP contribution in [0, 0.1) is 0 Å². The van der Waals surface area contributed by atoms with Crippen molar-refractivity contribution in [2.45, 2.75) is 31.1 Å². The SMILES string of the molecule is O=C(O)CCCCN1CC(F)(F)C(F)(F)C1. The number of nitrogens with zero attached hydrogens (tertiary/aromatic N) is 1. The third-order valence-electron chi connectivity index (χ3n) is 2.49. The minimum Gasteiger partial charge on any atom is -0.481 e. The summed E-state index contributed by atoms with van der Waals surface area (Å²) in [6.45, 7) is -1.82. The van der Waals surface area contributed by atoms with E-state index in [-0.39, 0.29) is 13.0 Å². The molecule has 0 saturated carbocycles. The number of carboxylic acid groups (broad SMARTS) is 1. The number of hydrogen-bond donors (Lipinski definition) is 1. The molecule has 0 atom stereocenters. The first-order valence-electron chi connectivity index (χ1n) is 4.94. The molecule has 0 aromatic rings. The Morgan fingerprint density at radius 2 is 1.62 bits per heavy atom. The van der Waals surface area contributed by atoms with Gasteiger partial charge in [0.05, 0.1) is 13.1 Å². The van der Waals surface area contributed by atoms with Gasteiger partial charge in [0.15, 0.2) is 0 Å². The average Bonchev–Trinajstić information content (AvgIpc) is 2.29. The van der Waals surface area contributed by atoms with E-state index in [1.54, 1.807) is 0 Å².